The summed E-state index contributed by atoms with van der Waals surface area (Å²) in [5.74, 6) is -0.459. The number of carbonyl (C=O) groups is 1. The quantitative estimate of drug-likeness (QED) is 0.679. The molecule has 146 valence electrons. The molecule has 2 heterocycles. The molecule has 2 aromatic carbocycles. The molecule has 5 nitrogen and oxygen atoms in total. The Morgan fingerprint density at radius 3 is 2.21 bits per heavy atom. The maximum atomic E-state index is 13.2. The number of carbonyl (C=O) groups excluding carboxylic acids is 1. The molecular weight excluding hydrogens is 419 g/mol. The lowest BCUT2D eigenvalue weighted by Gasteiger charge is -2.32. The molecule has 1 saturated heterocycles. The highest BCUT2D eigenvalue weighted by molar-refractivity contribution is 7.96. The molecule has 0 bridgehead atoms. The van der Waals surface area contributed by atoms with Crippen LogP contribution < -0.4 is 4.90 Å². The van der Waals surface area contributed by atoms with Crippen molar-refractivity contribution in [1.29, 1.82) is 0 Å². The number of halogens is 2. The van der Waals surface area contributed by atoms with Gasteiger partial charge in [0.15, 0.2) is 4.91 Å². The fourth-order valence-electron chi connectivity index (χ4n) is 3.52. The van der Waals surface area contributed by atoms with E-state index in [0.29, 0.717) is 34.5 Å². The number of likely N-dealkylation sites (tertiary alicyclic amines) is 1. The summed E-state index contributed by atoms with van der Waals surface area (Å²) in [6.07, 6.45) is 4.21. The van der Waals surface area contributed by atoms with Crippen molar-refractivity contribution in [2.45, 2.75) is 24.2 Å². The lowest BCUT2D eigenvalue weighted by molar-refractivity contribution is -0.127. The van der Waals surface area contributed by atoms with Gasteiger partial charge in [-0.3, -0.25) is 4.79 Å². The lowest BCUT2D eigenvalue weighted by atomic mass is 10.1. The number of piperidine rings is 1. The van der Waals surface area contributed by atoms with Gasteiger partial charge in [-0.15, -0.1) is 0 Å². The summed E-state index contributed by atoms with van der Waals surface area (Å²) >= 11 is 12.1. The third-order valence-corrected chi connectivity index (χ3v) is 7.24. The van der Waals surface area contributed by atoms with Crippen LogP contribution in [0.5, 0.6) is 0 Å². The molecule has 0 atom stereocenters. The van der Waals surface area contributed by atoms with Crippen LogP contribution >= 0.6 is 23.2 Å². The first-order valence-electron chi connectivity index (χ1n) is 8.98. The first-order chi connectivity index (χ1) is 13.4. The average molecular weight is 437 g/mol. The van der Waals surface area contributed by atoms with Gasteiger partial charge in [0, 0.05) is 35.0 Å². The van der Waals surface area contributed by atoms with E-state index in [0.717, 1.165) is 19.3 Å². The molecule has 0 N–H and O–H groups in total. The number of amides is 1. The highest BCUT2D eigenvalue weighted by Crippen LogP contribution is 2.41. The largest absolute Gasteiger partial charge is 0.338 e. The molecule has 4 rings (SSSR count). The van der Waals surface area contributed by atoms with Crippen LogP contribution in [0.4, 0.5) is 11.4 Å². The Kier molecular flexibility index (Phi) is 5.12. The zero-order valence-corrected chi connectivity index (χ0v) is 17.3. The second kappa shape index (κ2) is 7.43. The van der Waals surface area contributed by atoms with Crippen molar-refractivity contribution >= 4 is 50.3 Å². The van der Waals surface area contributed by atoms with E-state index < -0.39 is 15.7 Å². The van der Waals surface area contributed by atoms with E-state index in [1.165, 1.54) is 18.3 Å². The van der Waals surface area contributed by atoms with Gasteiger partial charge in [-0.25, -0.2) is 8.42 Å². The third-order valence-electron chi connectivity index (χ3n) is 4.96. The maximum absolute atomic E-state index is 13.2. The van der Waals surface area contributed by atoms with E-state index in [1.54, 1.807) is 40.1 Å². The predicted molar refractivity (Wildman–Crippen MR) is 111 cm³/mol. The van der Waals surface area contributed by atoms with Gasteiger partial charge < -0.3 is 9.80 Å². The van der Waals surface area contributed by atoms with Crippen LogP contribution in [0.2, 0.25) is 10.0 Å². The Hall–Kier alpha value is -2.02. The van der Waals surface area contributed by atoms with Crippen molar-refractivity contribution in [2.75, 3.05) is 18.0 Å². The molecule has 0 radical (unpaired) electrons. The Bertz CT molecular complexity index is 1060. The van der Waals surface area contributed by atoms with Gasteiger partial charge >= 0.3 is 0 Å². The van der Waals surface area contributed by atoms with E-state index in [4.69, 9.17) is 23.2 Å². The van der Waals surface area contributed by atoms with Crippen molar-refractivity contribution in [1.82, 2.24) is 4.90 Å². The van der Waals surface area contributed by atoms with Crippen LogP contribution in [-0.2, 0) is 14.6 Å². The van der Waals surface area contributed by atoms with Crippen molar-refractivity contribution in [2.24, 2.45) is 0 Å². The zero-order chi connectivity index (χ0) is 19.9. The van der Waals surface area contributed by atoms with Crippen LogP contribution in [0, 0.1) is 0 Å². The highest BCUT2D eigenvalue weighted by Gasteiger charge is 2.38. The van der Waals surface area contributed by atoms with Crippen molar-refractivity contribution in [3.05, 3.63) is 63.6 Å². The molecule has 2 aliphatic heterocycles. The molecule has 0 aromatic heterocycles. The van der Waals surface area contributed by atoms with E-state index in [2.05, 4.69) is 0 Å². The van der Waals surface area contributed by atoms with Crippen molar-refractivity contribution in [3.8, 4) is 0 Å². The summed E-state index contributed by atoms with van der Waals surface area (Å²) in [6, 6.07) is 11.5. The molecule has 0 aliphatic carbocycles. The first kappa shape index (κ1) is 19.3. The van der Waals surface area contributed by atoms with E-state index in [-0.39, 0.29) is 9.80 Å². The molecule has 0 spiro atoms. The molecule has 0 unspecified atom stereocenters. The normalized spacial score (nSPS) is 18.4. The molecule has 8 heteroatoms. The van der Waals surface area contributed by atoms with Crippen LogP contribution in [-0.4, -0.2) is 32.3 Å². The first-order valence-corrected chi connectivity index (χ1v) is 11.2. The summed E-state index contributed by atoms with van der Waals surface area (Å²) < 4.78 is 26.4. The fraction of sp³-hybridized carbons (Fsp3) is 0.250. The number of hydrogen-bond donors (Lipinski definition) is 0. The van der Waals surface area contributed by atoms with E-state index >= 15 is 0 Å². The maximum Gasteiger partial charge on any atom is 0.267 e. The molecule has 28 heavy (non-hydrogen) atoms. The summed E-state index contributed by atoms with van der Waals surface area (Å²) in [4.78, 5) is 16.2. The Morgan fingerprint density at radius 2 is 1.54 bits per heavy atom. The number of hydrogen-bond acceptors (Lipinski definition) is 4. The minimum Gasteiger partial charge on any atom is -0.338 e. The zero-order valence-electron chi connectivity index (χ0n) is 14.9. The minimum atomic E-state index is -3.95. The van der Waals surface area contributed by atoms with Gasteiger partial charge in [-0.2, -0.15) is 0 Å². The summed E-state index contributed by atoms with van der Waals surface area (Å²) in [7, 11) is -3.95. The summed E-state index contributed by atoms with van der Waals surface area (Å²) in [5.41, 5.74) is 1.09. The number of rotatable bonds is 2. The summed E-state index contributed by atoms with van der Waals surface area (Å²) in [6.45, 7) is 1.14. The molecule has 2 aliphatic rings. The van der Waals surface area contributed by atoms with Crippen molar-refractivity contribution in [3.63, 3.8) is 0 Å². The van der Waals surface area contributed by atoms with E-state index in [9.17, 15) is 13.2 Å². The number of nitrogens with zero attached hydrogens (tertiary/aromatic N) is 2. The number of fused-ring (bicyclic) bond motifs is 1. The number of anilines is 2. The Morgan fingerprint density at radius 1 is 0.893 bits per heavy atom. The minimum absolute atomic E-state index is 0.0645. The molecular formula is C20H18Cl2N2O3S. The smallest absolute Gasteiger partial charge is 0.267 e. The molecule has 2 aromatic rings. The highest BCUT2D eigenvalue weighted by atomic mass is 35.5. The topological polar surface area (TPSA) is 57.7 Å². The van der Waals surface area contributed by atoms with Gasteiger partial charge in [0.1, 0.15) is 0 Å². The van der Waals surface area contributed by atoms with Crippen LogP contribution in [0.15, 0.2) is 58.5 Å². The van der Waals surface area contributed by atoms with Gasteiger partial charge in [0.25, 0.3) is 5.91 Å². The van der Waals surface area contributed by atoms with Gasteiger partial charge in [-0.05, 0) is 61.7 Å². The lowest BCUT2D eigenvalue weighted by Crippen LogP contribution is -2.39. The van der Waals surface area contributed by atoms with E-state index in [1.807, 2.05) is 0 Å². The monoisotopic (exact) mass is 436 g/mol. The second-order valence-corrected chi connectivity index (χ2v) is 9.57. The molecule has 1 fully saturated rings. The average Bonchev–Trinajstić information content (AvgIpc) is 2.69. The van der Waals surface area contributed by atoms with Gasteiger partial charge in [0.05, 0.1) is 10.6 Å². The van der Waals surface area contributed by atoms with Crippen LogP contribution in [0.3, 0.4) is 0 Å². The fourth-order valence-corrected chi connectivity index (χ4v) is 5.33. The second-order valence-electron chi connectivity index (χ2n) is 6.81. The van der Waals surface area contributed by atoms with Crippen molar-refractivity contribution < 1.29 is 13.2 Å². The van der Waals surface area contributed by atoms with Gasteiger partial charge in [-0.1, -0.05) is 23.2 Å². The molecule has 0 saturated carbocycles. The third kappa shape index (κ3) is 3.41. The Balaban J connectivity index is 1.87. The SMILES string of the molecule is O=C(C1=CN(c2ccc(Cl)cc2)c2cc(Cl)ccc2S1(=O)=O)N1CCCCC1. The summed E-state index contributed by atoms with van der Waals surface area (Å²) in [5, 5.41) is 0.973. The van der Waals surface area contributed by atoms with Crippen LogP contribution in [0.1, 0.15) is 19.3 Å². The predicted octanol–water partition coefficient (Wildman–Crippen LogP) is 4.77. The van der Waals surface area contributed by atoms with Crippen LogP contribution in [0.25, 0.3) is 0 Å². The molecule has 1 amide bonds. The standard InChI is InChI=1S/C20H18Cl2N2O3S/c21-14-4-7-16(8-5-14)24-13-19(20(25)23-10-2-1-3-11-23)28(26,27)18-9-6-15(22)12-17(18)24/h4-9,12-13H,1-3,10-11H2. The van der Waals surface area contributed by atoms with Gasteiger partial charge in [0.2, 0.25) is 9.84 Å². The number of sulfone groups is 1. The number of benzene rings is 2. The Labute approximate surface area is 174 Å².